The van der Waals surface area contributed by atoms with Crippen LogP contribution in [-0.4, -0.2) is 33.8 Å². The zero-order valence-corrected chi connectivity index (χ0v) is 21.7. The lowest BCUT2D eigenvalue weighted by molar-refractivity contribution is -0.194. The highest BCUT2D eigenvalue weighted by molar-refractivity contribution is 7.96. The van der Waals surface area contributed by atoms with Crippen LogP contribution < -0.4 is 0 Å². The molecule has 0 amide bonds. The molecule has 6 heteroatoms. The molecule has 0 spiro atoms. The Labute approximate surface area is 212 Å². The molecule has 6 rings (SSSR count). The summed E-state index contributed by atoms with van der Waals surface area (Å²) in [4.78, 5) is 25.4. The van der Waals surface area contributed by atoms with Crippen LogP contribution in [0.3, 0.4) is 0 Å². The van der Waals surface area contributed by atoms with Crippen molar-refractivity contribution in [2.75, 3.05) is 0 Å². The van der Waals surface area contributed by atoms with Gasteiger partial charge in [0.15, 0.2) is 17.7 Å². The third kappa shape index (κ3) is 3.00. The van der Waals surface area contributed by atoms with Gasteiger partial charge in [0.05, 0.1) is 12.2 Å². The number of ether oxygens (including phenoxy) is 2. The Bertz CT molecular complexity index is 1190. The maximum Gasteiger partial charge on any atom is 0.221 e. The lowest BCUT2D eigenvalue weighted by Crippen LogP contribution is -2.62. The molecule has 1 saturated heterocycles. The van der Waals surface area contributed by atoms with Gasteiger partial charge in [-0.3, -0.25) is 9.59 Å². The Morgan fingerprint density at radius 3 is 2.71 bits per heavy atom. The summed E-state index contributed by atoms with van der Waals surface area (Å²) in [6, 6.07) is 6.15. The van der Waals surface area contributed by atoms with Crippen LogP contribution in [-0.2, 0) is 19.1 Å². The number of thiol groups is 1. The van der Waals surface area contributed by atoms with Crippen molar-refractivity contribution in [3.05, 3.63) is 58.7 Å². The van der Waals surface area contributed by atoms with Crippen LogP contribution in [0.25, 0.3) is 0 Å². The average molecular weight is 495 g/mol. The van der Waals surface area contributed by atoms with Crippen molar-refractivity contribution in [2.45, 2.75) is 77.5 Å². The Morgan fingerprint density at radius 1 is 1.23 bits per heavy atom. The summed E-state index contributed by atoms with van der Waals surface area (Å²) in [5.74, 6) is 0.374. The number of aliphatic hydroxyl groups is 1. The van der Waals surface area contributed by atoms with Crippen molar-refractivity contribution < 1.29 is 24.2 Å². The third-order valence-corrected chi connectivity index (χ3v) is 10.6. The van der Waals surface area contributed by atoms with E-state index in [1.165, 1.54) is 0 Å². The molecule has 1 unspecified atom stereocenters. The van der Waals surface area contributed by atoms with E-state index in [-0.39, 0.29) is 34.1 Å². The first-order valence-electron chi connectivity index (χ1n) is 12.8. The third-order valence-electron chi connectivity index (χ3n) is 10.2. The summed E-state index contributed by atoms with van der Waals surface area (Å²) in [5, 5.41) is 11.4. The number of hydrogen-bond acceptors (Lipinski definition) is 5. The predicted octanol–water partition coefficient (Wildman–Crippen LogP) is 4.80. The molecule has 35 heavy (non-hydrogen) atoms. The van der Waals surface area contributed by atoms with E-state index in [2.05, 4.69) is 39.5 Å². The Hall–Kier alpha value is -1.73. The molecule has 4 fully saturated rings. The molecule has 5 nitrogen and oxygen atoms in total. The first-order valence-corrected chi connectivity index (χ1v) is 13.2. The van der Waals surface area contributed by atoms with Gasteiger partial charge in [-0.05, 0) is 69.1 Å². The molecule has 0 bridgehead atoms. The molecule has 1 aromatic rings. The van der Waals surface area contributed by atoms with Crippen molar-refractivity contribution in [2.24, 2.45) is 28.6 Å². The minimum atomic E-state index is -1.20. The number of ketones is 1. The normalized spacial score (nSPS) is 45.9. The zero-order valence-electron chi connectivity index (χ0n) is 20.8. The molecule has 1 N–H and O–H groups in total. The molecule has 1 heterocycles. The average Bonchev–Trinajstić information content (AvgIpc) is 3.27. The summed E-state index contributed by atoms with van der Waals surface area (Å²) in [7, 11) is 0. The fraction of sp³-hybridized carbons (Fsp3) is 0.586. The number of aryl methyl sites for hydroxylation is 2. The monoisotopic (exact) mass is 494 g/mol. The molecule has 5 aliphatic rings. The van der Waals surface area contributed by atoms with E-state index in [1.54, 1.807) is 12.2 Å². The molecule has 0 aromatic heterocycles. The summed E-state index contributed by atoms with van der Waals surface area (Å²) < 4.78 is 13.2. The highest BCUT2D eigenvalue weighted by Gasteiger charge is 2.75. The summed E-state index contributed by atoms with van der Waals surface area (Å²) in [6.45, 7) is 8.35. The number of hydrogen-bond donors (Lipinski definition) is 2. The van der Waals surface area contributed by atoms with Crippen LogP contribution in [0, 0.1) is 42.4 Å². The second kappa shape index (κ2) is 7.64. The van der Waals surface area contributed by atoms with Gasteiger partial charge in [-0.15, -0.1) is 12.6 Å². The van der Waals surface area contributed by atoms with Crippen LogP contribution in [0.5, 0.6) is 0 Å². The molecular formula is C29H34O5S. The smallest absolute Gasteiger partial charge is 0.221 e. The van der Waals surface area contributed by atoms with Crippen molar-refractivity contribution in [1.29, 1.82) is 0 Å². The van der Waals surface area contributed by atoms with Gasteiger partial charge in [-0.2, -0.15) is 0 Å². The quantitative estimate of drug-likeness (QED) is 0.578. The van der Waals surface area contributed by atoms with Crippen LogP contribution in [0.2, 0.25) is 0 Å². The number of carbonyl (C=O) groups is 2. The van der Waals surface area contributed by atoms with Gasteiger partial charge in [0.2, 0.25) is 5.12 Å². The predicted molar refractivity (Wildman–Crippen MR) is 135 cm³/mol. The minimum absolute atomic E-state index is 0.00837. The van der Waals surface area contributed by atoms with E-state index in [9.17, 15) is 14.7 Å². The van der Waals surface area contributed by atoms with Gasteiger partial charge in [0.25, 0.3) is 0 Å². The number of fused-ring (bicyclic) bond motifs is 7. The van der Waals surface area contributed by atoms with E-state index >= 15 is 0 Å². The first-order chi connectivity index (χ1) is 16.5. The second-order valence-corrected chi connectivity index (χ2v) is 12.3. The number of rotatable bonds is 2. The lowest BCUT2D eigenvalue weighted by Gasteiger charge is -2.59. The lowest BCUT2D eigenvalue weighted by atomic mass is 9.46. The number of benzene rings is 1. The second-order valence-electron chi connectivity index (χ2n) is 11.9. The molecule has 1 aromatic carbocycles. The van der Waals surface area contributed by atoms with E-state index in [0.717, 1.165) is 35.1 Å². The fourth-order valence-corrected chi connectivity index (χ4v) is 9.12. The highest BCUT2D eigenvalue weighted by Crippen LogP contribution is 2.70. The maximum absolute atomic E-state index is 13.3. The van der Waals surface area contributed by atoms with Gasteiger partial charge in [0.1, 0.15) is 0 Å². The minimum Gasteiger partial charge on any atom is -0.393 e. The molecule has 3 saturated carbocycles. The molecule has 186 valence electrons. The van der Waals surface area contributed by atoms with Crippen molar-refractivity contribution in [3.63, 3.8) is 0 Å². The SMILES string of the molecule is Cc1ccc(C2O[C@@H]3C[C@H]4[C@@H]5CCC6=CC(=O)C=C[C@]6(C)[C@H]5[C@@H](O)C[C@]4(C)[C@]3(C(=O)S)O2)c(C)c1. The summed E-state index contributed by atoms with van der Waals surface area (Å²) in [5.41, 5.74) is 2.13. The Balaban J connectivity index is 1.39. The number of carbonyl (C=O) groups excluding carboxylic acids is 2. The summed E-state index contributed by atoms with van der Waals surface area (Å²) >= 11 is 4.39. The zero-order chi connectivity index (χ0) is 24.9. The van der Waals surface area contributed by atoms with Crippen LogP contribution in [0.15, 0.2) is 42.0 Å². The molecule has 0 radical (unpaired) electrons. The topological polar surface area (TPSA) is 72.8 Å². The summed E-state index contributed by atoms with van der Waals surface area (Å²) in [6.07, 6.45) is 6.61. The van der Waals surface area contributed by atoms with Crippen LogP contribution >= 0.6 is 12.6 Å². The molecule has 9 atom stereocenters. The largest absolute Gasteiger partial charge is 0.393 e. The Morgan fingerprint density at radius 2 is 2.00 bits per heavy atom. The van der Waals surface area contributed by atoms with E-state index in [1.807, 2.05) is 25.1 Å². The molecule has 1 aliphatic heterocycles. The van der Waals surface area contributed by atoms with E-state index in [4.69, 9.17) is 9.47 Å². The van der Waals surface area contributed by atoms with E-state index in [0.29, 0.717) is 12.8 Å². The fourth-order valence-electron chi connectivity index (χ4n) is 8.67. The van der Waals surface area contributed by atoms with Gasteiger partial charge in [-0.1, -0.05) is 49.3 Å². The number of aliphatic hydroxyl groups excluding tert-OH is 1. The van der Waals surface area contributed by atoms with Gasteiger partial charge in [0, 0.05) is 22.3 Å². The standard InChI is InChI=1S/C29H34O5S/c1-15-5-7-19(16(2)11-15)25-33-23-13-21-20-8-6-17-12-18(30)9-10-27(17,3)24(20)22(31)14-28(21,4)29(23,34-25)26(32)35/h5,7,9-12,20-25,31H,6,8,13-14H2,1-4H3,(H,32,35)/t20-,21-,22-,23+,24+,25?,27-,28-,29-/m0/s1. The van der Waals surface area contributed by atoms with Crippen molar-refractivity contribution in [3.8, 4) is 0 Å². The van der Waals surface area contributed by atoms with E-state index < -0.39 is 29.5 Å². The van der Waals surface area contributed by atoms with Gasteiger partial charge in [-0.25, -0.2) is 0 Å². The van der Waals surface area contributed by atoms with Crippen molar-refractivity contribution >= 4 is 23.5 Å². The maximum atomic E-state index is 13.3. The molecular weight excluding hydrogens is 460 g/mol. The van der Waals surface area contributed by atoms with Crippen LogP contribution in [0.1, 0.15) is 62.5 Å². The molecule has 4 aliphatic carbocycles. The van der Waals surface area contributed by atoms with Gasteiger partial charge < -0.3 is 14.6 Å². The number of allylic oxidation sites excluding steroid dienone is 4. The van der Waals surface area contributed by atoms with Gasteiger partial charge >= 0.3 is 0 Å². The highest BCUT2D eigenvalue weighted by atomic mass is 32.1. The van der Waals surface area contributed by atoms with Crippen molar-refractivity contribution in [1.82, 2.24) is 0 Å². The Kier molecular flexibility index (Phi) is 5.16. The van der Waals surface area contributed by atoms with Crippen LogP contribution in [0.4, 0.5) is 0 Å². The first kappa shape index (κ1) is 23.7.